The Morgan fingerprint density at radius 1 is 1.60 bits per heavy atom. The first kappa shape index (κ1) is 11.6. The molecule has 0 radical (unpaired) electrons. The number of hydrogen-bond acceptors (Lipinski definition) is 3. The average molecular weight is 224 g/mol. The molecule has 1 aliphatic rings. The lowest BCUT2D eigenvalue weighted by molar-refractivity contribution is -0.297. The SMILES string of the molecule is [N-]=[N+]=NCC(=O)N1CC(O)(C(F)(F)F)C1. The van der Waals surface area contributed by atoms with Crippen molar-refractivity contribution in [1.29, 1.82) is 0 Å². The first-order chi connectivity index (χ1) is 6.80. The van der Waals surface area contributed by atoms with Gasteiger partial charge in [-0.15, -0.1) is 0 Å². The van der Waals surface area contributed by atoms with E-state index in [4.69, 9.17) is 10.6 Å². The van der Waals surface area contributed by atoms with E-state index in [0.717, 1.165) is 4.90 Å². The fraction of sp³-hybridized carbons (Fsp3) is 0.833. The molecule has 1 N–H and O–H groups in total. The summed E-state index contributed by atoms with van der Waals surface area (Å²) < 4.78 is 36.3. The number of rotatable bonds is 2. The molecule has 0 atom stereocenters. The Bertz CT molecular complexity index is 317. The molecule has 15 heavy (non-hydrogen) atoms. The molecule has 1 saturated heterocycles. The smallest absolute Gasteiger partial charge is 0.378 e. The molecular formula is C6H7F3N4O2. The normalized spacial score (nSPS) is 19.1. The first-order valence-corrected chi connectivity index (χ1v) is 3.88. The van der Waals surface area contributed by atoms with E-state index in [1.165, 1.54) is 0 Å². The number of alkyl halides is 3. The Morgan fingerprint density at radius 3 is 2.53 bits per heavy atom. The lowest BCUT2D eigenvalue weighted by Crippen LogP contribution is -2.70. The summed E-state index contributed by atoms with van der Waals surface area (Å²) in [6, 6.07) is 0. The molecule has 9 heteroatoms. The standard InChI is InChI=1S/C6H7F3N4O2/c7-6(8,9)5(15)2-13(3-5)4(14)1-11-12-10/h15H,1-3H2. The molecule has 1 heterocycles. The molecule has 1 rings (SSSR count). The zero-order valence-electron chi connectivity index (χ0n) is 7.40. The van der Waals surface area contributed by atoms with Crippen molar-refractivity contribution in [3.8, 4) is 0 Å². The van der Waals surface area contributed by atoms with Gasteiger partial charge >= 0.3 is 6.18 Å². The van der Waals surface area contributed by atoms with Gasteiger partial charge in [-0.2, -0.15) is 13.2 Å². The molecule has 1 amide bonds. The van der Waals surface area contributed by atoms with Gasteiger partial charge < -0.3 is 10.0 Å². The van der Waals surface area contributed by atoms with Crippen LogP contribution in [0.3, 0.4) is 0 Å². The molecule has 0 aromatic carbocycles. The van der Waals surface area contributed by atoms with Crippen LogP contribution in [0, 0.1) is 0 Å². The highest BCUT2D eigenvalue weighted by Gasteiger charge is 2.61. The van der Waals surface area contributed by atoms with Gasteiger partial charge in [-0.3, -0.25) is 4.79 Å². The predicted molar refractivity (Wildman–Crippen MR) is 41.6 cm³/mol. The van der Waals surface area contributed by atoms with Crippen LogP contribution >= 0.6 is 0 Å². The van der Waals surface area contributed by atoms with Crippen LogP contribution in [0.25, 0.3) is 10.4 Å². The number of β-amino-alcohol motifs (C(OH)–C–C–N with tert-alkyl or cyclic N) is 1. The van der Waals surface area contributed by atoms with Crippen molar-refractivity contribution in [1.82, 2.24) is 4.90 Å². The van der Waals surface area contributed by atoms with Crippen LogP contribution in [-0.2, 0) is 4.79 Å². The number of halogens is 3. The van der Waals surface area contributed by atoms with Gasteiger partial charge in [0.1, 0.15) is 6.54 Å². The highest BCUT2D eigenvalue weighted by Crippen LogP contribution is 2.37. The maximum absolute atomic E-state index is 12.1. The number of hydrogen-bond donors (Lipinski definition) is 1. The zero-order valence-corrected chi connectivity index (χ0v) is 7.40. The third-order valence-corrected chi connectivity index (χ3v) is 2.05. The highest BCUT2D eigenvalue weighted by molar-refractivity contribution is 5.79. The molecule has 0 aliphatic carbocycles. The quantitative estimate of drug-likeness (QED) is 0.418. The van der Waals surface area contributed by atoms with E-state index in [1.807, 2.05) is 0 Å². The molecule has 0 unspecified atom stereocenters. The minimum atomic E-state index is -4.75. The van der Waals surface area contributed by atoms with Crippen molar-refractivity contribution in [3.05, 3.63) is 10.4 Å². The van der Waals surface area contributed by atoms with Crippen LogP contribution in [0.2, 0.25) is 0 Å². The summed E-state index contributed by atoms with van der Waals surface area (Å²) in [6.45, 7) is -2.16. The maximum atomic E-state index is 12.1. The fourth-order valence-electron chi connectivity index (χ4n) is 1.13. The lowest BCUT2D eigenvalue weighted by atomic mass is 9.93. The number of azide groups is 1. The van der Waals surface area contributed by atoms with E-state index < -0.39 is 37.3 Å². The second-order valence-corrected chi connectivity index (χ2v) is 3.17. The maximum Gasteiger partial charge on any atom is 0.420 e. The number of likely N-dealkylation sites (tertiary alicyclic amines) is 1. The van der Waals surface area contributed by atoms with E-state index >= 15 is 0 Å². The predicted octanol–water partition coefficient (Wildman–Crippen LogP) is 0.432. The van der Waals surface area contributed by atoms with Crippen LogP contribution in [0.1, 0.15) is 0 Å². The molecule has 0 aromatic rings. The Morgan fingerprint density at radius 2 is 2.13 bits per heavy atom. The Kier molecular flexibility index (Phi) is 2.78. The minimum Gasteiger partial charge on any atom is -0.378 e. The van der Waals surface area contributed by atoms with Gasteiger partial charge in [-0.1, -0.05) is 5.11 Å². The second-order valence-electron chi connectivity index (χ2n) is 3.17. The third-order valence-electron chi connectivity index (χ3n) is 2.05. The number of amides is 1. The molecule has 84 valence electrons. The Hall–Kier alpha value is -1.47. The van der Waals surface area contributed by atoms with E-state index in [1.54, 1.807) is 0 Å². The van der Waals surface area contributed by atoms with Gasteiger partial charge in [-0.05, 0) is 5.53 Å². The molecule has 1 fully saturated rings. The Balaban J connectivity index is 2.50. The zero-order chi connectivity index (χ0) is 11.7. The van der Waals surface area contributed by atoms with Crippen LogP contribution in [-0.4, -0.2) is 47.3 Å². The van der Waals surface area contributed by atoms with Gasteiger partial charge in [-0.25, -0.2) is 0 Å². The molecule has 0 spiro atoms. The van der Waals surface area contributed by atoms with Crippen LogP contribution < -0.4 is 0 Å². The lowest BCUT2D eigenvalue weighted by Gasteiger charge is -2.46. The molecule has 6 nitrogen and oxygen atoms in total. The van der Waals surface area contributed by atoms with Crippen molar-refractivity contribution in [2.45, 2.75) is 11.8 Å². The van der Waals surface area contributed by atoms with Gasteiger partial charge in [0.15, 0.2) is 5.60 Å². The molecule has 1 aliphatic heterocycles. The van der Waals surface area contributed by atoms with Crippen molar-refractivity contribution in [2.75, 3.05) is 19.6 Å². The summed E-state index contributed by atoms with van der Waals surface area (Å²) in [5.74, 6) is -0.735. The van der Waals surface area contributed by atoms with E-state index in [9.17, 15) is 18.0 Å². The van der Waals surface area contributed by atoms with Gasteiger partial charge in [0.2, 0.25) is 5.91 Å². The topological polar surface area (TPSA) is 89.3 Å². The first-order valence-electron chi connectivity index (χ1n) is 3.88. The highest BCUT2D eigenvalue weighted by atomic mass is 19.4. The van der Waals surface area contributed by atoms with Gasteiger partial charge in [0.25, 0.3) is 0 Å². The minimum absolute atomic E-state index is 0.537. The molecule has 0 bridgehead atoms. The molecule has 0 saturated carbocycles. The summed E-state index contributed by atoms with van der Waals surface area (Å²) in [6.07, 6.45) is -4.75. The third kappa shape index (κ3) is 2.13. The van der Waals surface area contributed by atoms with E-state index in [-0.39, 0.29) is 0 Å². The van der Waals surface area contributed by atoms with E-state index in [0.29, 0.717) is 0 Å². The number of carbonyl (C=O) groups excluding carboxylic acids is 1. The summed E-state index contributed by atoms with van der Waals surface area (Å²) in [4.78, 5) is 14.1. The molecule has 0 aromatic heterocycles. The summed E-state index contributed by atoms with van der Waals surface area (Å²) >= 11 is 0. The van der Waals surface area contributed by atoms with E-state index in [2.05, 4.69) is 10.0 Å². The number of carbonyl (C=O) groups is 1. The van der Waals surface area contributed by atoms with Crippen molar-refractivity contribution in [2.24, 2.45) is 5.11 Å². The summed E-state index contributed by atoms with van der Waals surface area (Å²) in [7, 11) is 0. The Labute approximate surface area is 81.9 Å². The van der Waals surface area contributed by atoms with Gasteiger partial charge in [0, 0.05) is 4.91 Å². The van der Waals surface area contributed by atoms with Crippen LogP contribution in [0.5, 0.6) is 0 Å². The van der Waals surface area contributed by atoms with Crippen LogP contribution in [0.15, 0.2) is 5.11 Å². The molecular weight excluding hydrogens is 217 g/mol. The fourth-order valence-corrected chi connectivity index (χ4v) is 1.13. The van der Waals surface area contributed by atoms with Crippen molar-refractivity contribution < 1.29 is 23.1 Å². The number of nitrogens with zero attached hydrogens (tertiary/aromatic N) is 4. The van der Waals surface area contributed by atoms with Gasteiger partial charge in [0.05, 0.1) is 13.1 Å². The summed E-state index contributed by atoms with van der Waals surface area (Å²) in [5.41, 5.74) is 5.06. The van der Waals surface area contributed by atoms with Crippen molar-refractivity contribution >= 4 is 5.91 Å². The monoisotopic (exact) mass is 224 g/mol. The second kappa shape index (κ2) is 3.59. The van der Waals surface area contributed by atoms with Crippen LogP contribution in [0.4, 0.5) is 13.2 Å². The summed E-state index contributed by atoms with van der Waals surface area (Å²) in [5, 5.41) is 11.9. The van der Waals surface area contributed by atoms with Crippen molar-refractivity contribution in [3.63, 3.8) is 0 Å². The largest absolute Gasteiger partial charge is 0.420 e. The average Bonchev–Trinajstić information content (AvgIpc) is 2.06. The number of aliphatic hydroxyl groups is 1.